The Morgan fingerprint density at radius 1 is 1.40 bits per heavy atom. The molecule has 0 bridgehead atoms. The molecule has 25 heavy (non-hydrogen) atoms. The highest BCUT2D eigenvalue weighted by Gasteiger charge is 2.26. The van der Waals surface area contributed by atoms with Gasteiger partial charge in [-0.25, -0.2) is 0 Å². The van der Waals surface area contributed by atoms with Crippen LogP contribution in [0, 0.1) is 5.92 Å². The number of hydrogen-bond acceptors (Lipinski definition) is 5. The maximum atomic E-state index is 12.7. The molecule has 1 fully saturated rings. The van der Waals surface area contributed by atoms with E-state index in [0.717, 1.165) is 30.7 Å². The van der Waals surface area contributed by atoms with Gasteiger partial charge in [-0.05, 0) is 37.8 Å². The topological polar surface area (TPSA) is 64.8 Å². The van der Waals surface area contributed by atoms with E-state index in [0.29, 0.717) is 37.1 Å². The Hall–Kier alpha value is -2.34. The summed E-state index contributed by atoms with van der Waals surface area (Å²) >= 11 is 0. The van der Waals surface area contributed by atoms with Gasteiger partial charge in [-0.1, -0.05) is 17.3 Å². The lowest BCUT2D eigenvalue weighted by Gasteiger charge is -2.32. The quantitative estimate of drug-likeness (QED) is 0.805. The first-order valence-electron chi connectivity index (χ1n) is 8.69. The van der Waals surface area contributed by atoms with Crippen molar-refractivity contribution >= 4 is 5.91 Å². The Morgan fingerprint density at radius 3 is 3.08 bits per heavy atom. The highest BCUT2D eigenvalue weighted by atomic mass is 16.5. The molecule has 134 valence electrons. The van der Waals surface area contributed by atoms with Crippen LogP contribution >= 0.6 is 0 Å². The standard InChI is InChI=1S/C19H24N2O4/c1-3-24-13-14-6-5-9-21(12-14)19(22)17-11-18(25-20-17)15-7-4-8-16(10-15)23-2/h4,7-8,10-11,14H,3,5-6,9,12-13H2,1-2H3. The molecule has 6 heteroatoms. The minimum Gasteiger partial charge on any atom is -0.497 e. The van der Waals surface area contributed by atoms with Crippen LogP contribution in [0.15, 0.2) is 34.9 Å². The Labute approximate surface area is 147 Å². The van der Waals surface area contributed by atoms with Crippen molar-refractivity contribution in [3.05, 3.63) is 36.0 Å². The van der Waals surface area contributed by atoms with Gasteiger partial charge in [0.05, 0.1) is 13.7 Å². The van der Waals surface area contributed by atoms with E-state index in [1.165, 1.54) is 0 Å². The summed E-state index contributed by atoms with van der Waals surface area (Å²) in [5.74, 6) is 1.60. The summed E-state index contributed by atoms with van der Waals surface area (Å²) in [5.41, 5.74) is 1.17. The maximum Gasteiger partial charge on any atom is 0.276 e. The van der Waals surface area contributed by atoms with Crippen LogP contribution in [-0.2, 0) is 4.74 Å². The first-order chi connectivity index (χ1) is 12.2. The second kappa shape index (κ2) is 8.16. The molecule has 1 atom stereocenters. The van der Waals surface area contributed by atoms with E-state index < -0.39 is 0 Å². The molecule has 1 aliphatic heterocycles. The van der Waals surface area contributed by atoms with Gasteiger partial charge in [0.2, 0.25) is 0 Å². The largest absolute Gasteiger partial charge is 0.497 e. The fraction of sp³-hybridized carbons (Fsp3) is 0.474. The smallest absolute Gasteiger partial charge is 0.276 e. The molecule has 0 aliphatic carbocycles. The molecule has 0 N–H and O–H groups in total. The van der Waals surface area contributed by atoms with Crippen molar-refractivity contribution < 1.29 is 18.8 Å². The van der Waals surface area contributed by atoms with Gasteiger partial charge in [0.1, 0.15) is 5.75 Å². The van der Waals surface area contributed by atoms with Crippen molar-refractivity contribution in [3.63, 3.8) is 0 Å². The Bertz CT molecular complexity index is 713. The Kier molecular flexibility index (Phi) is 5.71. The third-order valence-electron chi connectivity index (χ3n) is 4.45. The van der Waals surface area contributed by atoms with Gasteiger partial charge in [-0.15, -0.1) is 0 Å². The lowest BCUT2D eigenvalue weighted by Crippen LogP contribution is -2.41. The van der Waals surface area contributed by atoms with Gasteiger partial charge in [0.15, 0.2) is 11.5 Å². The van der Waals surface area contributed by atoms with Gasteiger partial charge in [-0.2, -0.15) is 0 Å². The number of carbonyl (C=O) groups is 1. The van der Waals surface area contributed by atoms with Gasteiger partial charge in [0.25, 0.3) is 5.91 Å². The molecule has 1 unspecified atom stereocenters. The molecular weight excluding hydrogens is 320 g/mol. The zero-order valence-corrected chi connectivity index (χ0v) is 14.7. The van der Waals surface area contributed by atoms with Gasteiger partial charge < -0.3 is 18.9 Å². The van der Waals surface area contributed by atoms with Crippen molar-refractivity contribution in [1.82, 2.24) is 10.1 Å². The molecule has 0 spiro atoms. The second-order valence-corrected chi connectivity index (χ2v) is 6.23. The molecule has 1 amide bonds. The zero-order valence-electron chi connectivity index (χ0n) is 14.7. The van der Waals surface area contributed by atoms with Crippen LogP contribution in [0.25, 0.3) is 11.3 Å². The predicted molar refractivity (Wildman–Crippen MR) is 93.6 cm³/mol. The average Bonchev–Trinajstić information content (AvgIpc) is 3.16. The minimum atomic E-state index is -0.0842. The lowest BCUT2D eigenvalue weighted by molar-refractivity contribution is 0.0493. The van der Waals surface area contributed by atoms with Crippen molar-refractivity contribution in [3.8, 4) is 17.1 Å². The number of aromatic nitrogens is 1. The first kappa shape index (κ1) is 17.5. The first-order valence-corrected chi connectivity index (χ1v) is 8.69. The van der Waals surface area contributed by atoms with Crippen LogP contribution in [0.4, 0.5) is 0 Å². The van der Waals surface area contributed by atoms with Crippen LogP contribution in [0.3, 0.4) is 0 Å². The highest BCUT2D eigenvalue weighted by molar-refractivity contribution is 5.93. The SMILES string of the molecule is CCOCC1CCCN(C(=O)c2cc(-c3cccc(OC)c3)on2)C1. The molecule has 0 saturated carbocycles. The summed E-state index contributed by atoms with van der Waals surface area (Å²) in [6, 6.07) is 9.19. The van der Waals surface area contributed by atoms with E-state index in [9.17, 15) is 4.79 Å². The number of rotatable bonds is 6. The van der Waals surface area contributed by atoms with Crippen LogP contribution < -0.4 is 4.74 Å². The number of likely N-dealkylation sites (tertiary alicyclic amines) is 1. The van der Waals surface area contributed by atoms with E-state index in [1.54, 1.807) is 13.2 Å². The monoisotopic (exact) mass is 344 g/mol. The number of nitrogens with zero attached hydrogens (tertiary/aromatic N) is 2. The molecule has 0 radical (unpaired) electrons. The molecule has 1 saturated heterocycles. The number of benzene rings is 1. The normalized spacial score (nSPS) is 17.5. The third kappa shape index (κ3) is 4.20. The van der Waals surface area contributed by atoms with Crippen molar-refractivity contribution in [1.29, 1.82) is 0 Å². The summed E-state index contributed by atoms with van der Waals surface area (Å²) < 4.78 is 16.1. The fourth-order valence-corrected chi connectivity index (χ4v) is 3.12. The molecule has 2 heterocycles. The van der Waals surface area contributed by atoms with Gasteiger partial charge in [0, 0.05) is 31.3 Å². The van der Waals surface area contributed by atoms with E-state index in [1.807, 2.05) is 36.1 Å². The van der Waals surface area contributed by atoms with Crippen LogP contribution in [0.5, 0.6) is 5.75 Å². The van der Waals surface area contributed by atoms with Gasteiger partial charge >= 0.3 is 0 Å². The number of amides is 1. The molecular formula is C19H24N2O4. The van der Waals surface area contributed by atoms with E-state index >= 15 is 0 Å². The molecule has 6 nitrogen and oxygen atoms in total. The number of ether oxygens (including phenoxy) is 2. The summed E-state index contributed by atoms with van der Waals surface area (Å²) in [7, 11) is 1.61. The number of methoxy groups -OCH3 is 1. The Balaban J connectivity index is 1.69. The average molecular weight is 344 g/mol. The molecule has 1 aromatic heterocycles. The van der Waals surface area contributed by atoms with Crippen LogP contribution in [0.1, 0.15) is 30.3 Å². The summed E-state index contributed by atoms with van der Waals surface area (Å²) in [5, 5.41) is 3.97. The summed E-state index contributed by atoms with van der Waals surface area (Å²) in [4.78, 5) is 14.6. The maximum absolute atomic E-state index is 12.7. The van der Waals surface area contributed by atoms with E-state index in [2.05, 4.69) is 5.16 Å². The molecule has 1 aliphatic rings. The fourth-order valence-electron chi connectivity index (χ4n) is 3.12. The van der Waals surface area contributed by atoms with Gasteiger partial charge in [-0.3, -0.25) is 4.79 Å². The third-order valence-corrected chi connectivity index (χ3v) is 4.45. The number of piperidine rings is 1. The number of carbonyl (C=O) groups excluding carboxylic acids is 1. The van der Waals surface area contributed by atoms with Crippen molar-refractivity contribution in [2.75, 3.05) is 33.4 Å². The van der Waals surface area contributed by atoms with E-state index in [-0.39, 0.29) is 5.91 Å². The highest BCUT2D eigenvalue weighted by Crippen LogP contribution is 2.25. The second-order valence-electron chi connectivity index (χ2n) is 6.23. The van der Waals surface area contributed by atoms with Crippen LogP contribution in [0.2, 0.25) is 0 Å². The van der Waals surface area contributed by atoms with Crippen molar-refractivity contribution in [2.24, 2.45) is 5.92 Å². The minimum absolute atomic E-state index is 0.0842. The Morgan fingerprint density at radius 2 is 2.28 bits per heavy atom. The van der Waals surface area contributed by atoms with Crippen LogP contribution in [-0.4, -0.2) is 49.4 Å². The van der Waals surface area contributed by atoms with Crippen molar-refractivity contribution in [2.45, 2.75) is 19.8 Å². The molecule has 1 aromatic carbocycles. The van der Waals surface area contributed by atoms with E-state index in [4.69, 9.17) is 14.0 Å². The zero-order chi connectivity index (χ0) is 17.6. The lowest BCUT2D eigenvalue weighted by atomic mass is 9.98. The molecule has 3 rings (SSSR count). The molecule has 2 aromatic rings. The predicted octanol–water partition coefficient (Wildman–Crippen LogP) is 3.24. The number of hydrogen-bond donors (Lipinski definition) is 0. The summed E-state index contributed by atoms with van der Waals surface area (Å²) in [6.45, 7) is 4.86. The summed E-state index contributed by atoms with van der Waals surface area (Å²) in [6.07, 6.45) is 2.09.